The lowest BCUT2D eigenvalue weighted by atomic mass is 9.73. The third-order valence-electron chi connectivity index (χ3n) is 7.00. The predicted molar refractivity (Wildman–Crippen MR) is 127 cm³/mol. The number of nitrogens with one attached hydrogen (secondary N) is 1. The van der Waals surface area contributed by atoms with Gasteiger partial charge in [0.15, 0.2) is 0 Å². The van der Waals surface area contributed by atoms with Gasteiger partial charge in [0.25, 0.3) is 11.8 Å². The number of aryl methyl sites for hydroxylation is 1. The largest absolute Gasteiger partial charge is 0.491 e. The topological polar surface area (TPSA) is 96.8 Å². The predicted octanol–water partition coefficient (Wildman–Crippen LogP) is 2.09. The monoisotopic (exact) mass is 467 g/mol. The van der Waals surface area contributed by atoms with Gasteiger partial charge in [-0.2, -0.15) is 0 Å². The smallest absolute Gasteiger partial charge is 0.274 e. The van der Waals surface area contributed by atoms with E-state index in [4.69, 9.17) is 4.74 Å². The number of piperidine rings is 1. The third kappa shape index (κ3) is 4.93. The van der Waals surface area contributed by atoms with E-state index in [1.165, 1.54) is 0 Å². The zero-order valence-corrected chi connectivity index (χ0v) is 20.0. The molecule has 2 aromatic rings. The zero-order chi connectivity index (χ0) is 24.1. The Morgan fingerprint density at radius 3 is 2.53 bits per heavy atom. The molecule has 1 aromatic heterocycles. The van der Waals surface area contributed by atoms with E-state index in [0.717, 1.165) is 19.3 Å². The molecular formula is C25H33N5O4. The van der Waals surface area contributed by atoms with Crippen LogP contribution in [0, 0.1) is 5.41 Å². The summed E-state index contributed by atoms with van der Waals surface area (Å²) in [5, 5.41) is 2.84. The van der Waals surface area contributed by atoms with E-state index in [1.807, 2.05) is 24.1 Å². The Kier molecular flexibility index (Phi) is 7.19. The van der Waals surface area contributed by atoms with Gasteiger partial charge >= 0.3 is 0 Å². The molecular weight excluding hydrogens is 434 g/mol. The molecule has 0 atom stereocenters. The summed E-state index contributed by atoms with van der Waals surface area (Å²) in [6.45, 7) is 2.26. The summed E-state index contributed by atoms with van der Waals surface area (Å²) in [5.41, 5.74) is 0.411. The van der Waals surface area contributed by atoms with Crippen molar-refractivity contribution in [1.29, 1.82) is 0 Å². The molecule has 1 fully saturated rings. The van der Waals surface area contributed by atoms with Gasteiger partial charge < -0.3 is 24.4 Å². The molecule has 4 heterocycles. The van der Waals surface area contributed by atoms with Crippen LogP contribution in [0.2, 0.25) is 0 Å². The number of hydrogen-bond acceptors (Lipinski definition) is 5. The molecule has 182 valence electrons. The van der Waals surface area contributed by atoms with Crippen molar-refractivity contribution in [2.75, 3.05) is 39.8 Å². The number of para-hydroxylation sites is 1. The Balaban J connectivity index is 1.60. The SMILES string of the molecule is CNC(=O)C12CCCCN(C(=O)c3cn(C)cn3)CCOc3ccccc3C(=O)N(CC1)CC2. The van der Waals surface area contributed by atoms with Crippen LogP contribution in [-0.2, 0) is 11.8 Å². The fourth-order valence-corrected chi connectivity index (χ4v) is 4.97. The maximum atomic E-state index is 13.3. The van der Waals surface area contributed by atoms with Gasteiger partial charge in [0.05, 0.1) is 23.9 Å². The van der Waals surface area contributed by atoms with Crippen molar-refractivity contribution in [3.63, 3.8) is 0 Å². The average molecular weight is 468 g/mol. The molecule has 3 aliphatic heterocycles. The highest BCUT2D eigenvalue weighted by Crippen LogP contribution is 2.38. The third-order valence-corrected chi connectivity index (χ3v) is 7.00. The van der Waals surface area contributed by atoms with E-state index in [2.05, 4.69) is 10.3 Å². The molecule has 1 saturated heterocycles. The normalized spacial score (nSPS) is 18.9. The number of fused-ring (bicyclic) bond motifs is 9. The Hall–Kier alpha value is -3.36. The van der Waals surface area contributed by atoms with Crippen molar-refractivity contribution in [2.45, 2.75) is 32.1 Å². The minimum absolute atomic E-state index is 0.0362. The first kappa shape index (κ1) is 23.8. The fourth-order valence-electron chi connectivity index (χ4n) is 4.97. The first-order valence-corrected chi connectivity index (χ1v) is 11.9. The van der Waals surface area contributed by atoms with Crippen molar-refractivity contribution in [3.8, 4) is 5.75 Å². The van der Waals surface area contributed by atoms with E-state index in [0.29, 0.717) is 56.0 Å². The molecule has 34 heavy (non-hydrogen) atoms. The molecule has 3 amide bonds. The number of rotatable bonds is 2. The van der Waals surface area contributed by atoms with E-state index in [9.17, 15) is 14.4 Å². The van der Waals surface area contributed by atoms with Gasteiger partial charge in [-0.25, -0.2) is 4.98 Å². The van der Waals surface area contributed by atoms with Gasteiger partial charge in [0.1, 0.15) is 18.1 Å². The van der Waals surface area contributed by atoms with Crippen LogP contribution in [0.25, 0.3) is 0 Å². The first-order chi connectivity index (χ1) is 16.4. The molecule has 5 rings (SSSR count). The Morgan fingerprint density at radius 2 is 1.82 bits per heavy atom. The zero-order valence-electron chi connectivity index (χ0n) is 20.0. The molecule has 0 aliphatic carbocycles. The van der Waals surface area contributed by atoms with Crippen LogP contribution in [0.4, 0.5) is 0 Å². The van der Waals surface area contributed by atoms with Crippen LogP contribution < -0.4 is 10.1 Å². The number of carbonyl (C=O) groups excluding carboxylic acids is 3. The number of amides is 3. The van der Waals surface area contributed by atoms with Gasteiger partial charge in [-0.05, 0) is 37.8 Å². The number of imidazole rings is 1. The van der Waals surface area contributed by atoms with Gasteiger partial charge in [0, 0.05) is 39.9 Å². The number of aromatic nitrogens is 2. The molecule has 0 unspecified atom stereocenters. The molecule has 1 N–H and O–H groups in total. The van der Waals surface area contributed by atoms with Crippen LogP contribution in [0.5, 0.6) is 5.75 Å². The highest BCUT2D eigenvalue weighted by molar-refractivity contribution is 5.97. The van der Waals surface area contributed by atoms with Crippen molar-refractivity contribution in [2.24, 2.45) is 12.5 Å². The summed E-state index contributed by atoms with van der Waals surface area (Å²) in [6.07, 6.45) is 6.88. The van der Waals surface area contributed by atoms with Gasteiger partial charge in [-0.3, -0.25) is 14.4 Å². The van der Waals surface area contributed by atoms with Crippen molar-refractivity contribution in [1.82, 2.24) is 24.7 Å². The molecule has 2 bridgehead atoms. The van der Waals surface area contributed by atoms with Crippen LogP contribution in [0.3, 0.4) is 0 Å². The standard InChI is InChI=1S/C25H33N5O4/c1-26-24(33)25-9-5-6-12-29(23(32)20-17-28(2)18-27-20)15-16-34-21-8-4-3-7-19(21)22(31)30(13-10-25)14-11-25/h3-4,7-8,17-18H,5-6,9-16H2,1-2H3,(H,26,33). The van der Waals surface area contributed by atoms with Crippen LogP contribution in [0.15, 0.2) is 36.8 Å². The van der Waals surface area contributed by atoms with Gasteiger partial charge in [0.2, 0.25) is 5.91 Å². The molecule has 9 heteroatoms. The maximum Gasteiger partial charge on any atom is 0.274 e. The van der Waals surface area contributed by atoms with Crippen LogP contribution in [0.1, 0.15) is 53.0 Å². The Bertz CT molecular complexity index is 1040. The summed E-state index contributed by atoms with van der Waals surface area (Å²) >= 11 is 0. The number of hydrogen-bond donors (Lipinski definition) is 1. The second-order valence-electron chi connectivity index (χ2n) is 9.17. The molecule has 1 aromatic carbocycles. The molecule has 9 nitrogen and oxygen atoms in total. The summed E-state index contributed by atoms with van der Waals surface area (Å²) in [4.78, 5) is 47.1. The fraction of sp³-hybridized carbons (Fsp3) is 0.520. The van der Waals surface area contributed by atoms with E-state index < -0.39 is 5.41 Å². The van der Waals surface area contributed by atoms with Gasteiger partial charge in [-0.1, -0.05) is 18.6 Å². The van der Waals surface area contributed by atoms with E-state index in [1.54, 1.807) is 41.2 Å². The second kappa shape index (κ2) is 10.3. The summed E-state index contributed by atoms with van der Waals surface area (Å²) in [7, 11) is 3.50. The van der Waals surface area contributed by atoms with Crippen molar-refractivity contribution < 1.29 is 19.1 Å². The highest BCUT2D eigenvalue weighted by atomic mass is 16.5. The Morgan fingerprint density at radius 1 is 1.06 bits per heavy atom. The van der Waals surface area contributed by atoms with Crippen LogP contribution >= 0.6 is 0 Å². The molecule has 3 aliphatic rings. The Labute approximate surface area is 200 Å². The maximum absolute atomic E-state index is 13.3. The average Bonchev–Trinajstić information content (AvgIpc) is 3.30. The van der Waals surface area contributed by atoms with Crippen molar-refractivity contribution in [3.05, 3.63) is 48.0 Å². The number of carbonyl (C=O) groups is 3. The van der Waals surface area contributed by atoms with E-state index >= 15 is 0 Å². The number of benzene rings is 1. The van der Waals surface area contributed by atoms with Crippen LogP contribution in [-0.4, -0.2) is 76.9 Å². The number of nitrogens with zero attached hydrogens (tertiary/aromatic N) is 4. The quantitative estimate of drug-likeness (QED) is 0.730. The summed E-state index contributed by atoms with van der Waals surface area (Å²) in [5.74, 6) is 0.313. The number of ether oxygens (including phenoxy) is 1. The summed E-state index contributed by atoms with van der Waals surface area (Å²) in [6, 6.07) is 7.22. The lowest BCUT2D eigenvalue weighted by molar-refractivity contribution is -0.133. The molecule has 0 spiro atoms. The highest BCUT2D eigenvalue weighted by Gasteiger charge is 2.41. The second-order valence-corrected chi connectivity index (χ2v) is 9.17. The lowest BCUT2D eigenvalue weighted by Gasteiger charge is -2.40. The van der Waals surface area contributed by atoms with E-state index in [-0.39, 0.29) is 24.3 Å². The lowest BCUT2D eigenvalue weighted by Crippen LogP contribution is -2.49. The minimum Gasteiger partial charge on any atom is -0.491 e. The van der Waals surface area contributed by atoms with Crippen molar-refractivity contribution >= 4 is 17.7 Å². The first-order valence-electron chi connectivity index (χ1n) is 11.9. The molecule has 0 radical (unpaired) electrons. The minimum atomic E-state index is -0.489. The summed E-state index contributed by atoms with van der Waals surface area (Å²) < 4.78 is 7.75. The molecule has 0 saturated carbocycles. The van der Waals surface area contributed by atoms with Gasteiger partial charge in [-0.15, -0.1) is 0 Å².